The summed E-state index contributed by atoms with van der Waals surface area (Å²) in [5, 5.41) is 17.2. The molecule has 5 aromatic rings. The molecule has 2 aromatic heterocycles. The number of tetrazole rings is 1. The monoisotopic (exact) mass is 483 g/mol. The summed E-state index contributed by atoms with van der Waals surface area (Å²) in [4.78, 5) is 17.2. The second-order valence-electron chi connectivity index (χ2n) is 8.68. The molecule has 1 aliphatic heterocycles. The van der Waals surface area contributed by atoms with Crippen molar-refractivity contribution in [3.8, 4) is 11.4 Å². The van der Waals surface area contributed by atoms with Crippen molar-refractivity contribution in [1.29, 1.82) is 0 Å². The Labute approximate surface area is 207 Å². The van der Waals surface area contributed by atoms with Crippen molar-refractivity contribution in [2.75, 3.05) is 50.1 Å². The first-order valence-electron chi connectivity index (χ1n) is 11.8. The fourth-order valence-electron chi connectivity index (χ4n) is 4.63. The van der Waals surface area contributed by atoms with Gasteiger partial charge in [0.05, 0.1) is 25.0 Å². The number of carbonyl (C=O) groups excluding carboxylic acids is 1. The molecule has 182 valence electrons. The van der Waals surface area contributed by atoms with Crippen LogP contribution in [0.15, 0.2) is 71.1 Å². The number of hydrogen-bond donors (Lipinski definition) is 1. The Morgan fingerprint density at radius 3 is 2.56 bits per heavy atom. The Hall–Kier alpha value is -4.44. The molecule has 6 rings (SSSR count). The summed E-state index contributed by atoms with van der Waals surface area (Å²) < 4.78 is 13.3. The minimum atomic E-state index is -0.105. The summed E-state index contributed by atoms with van der Waals surface area (Å²) in [6.45, 7) is 3.14. The van der Waals surface area contributed by atoms with E-state index in [9.17, 15) is 4.79 Å². The van der Waals surface area contributed by atoms with Gasteiger partial charge in [0, 0.05) is 43.0 Å². The van der Waals surface area contributed by atoms with Crippen LogP contribution in [0.3, 0.4) is 0 Å². The minimum absolute atomic E-state index is 0.105. The van der Waals surface area contributed by atoms with E-state index in [-0.39, 0.29) is 12.5 Å². The molecule has 36 heavy (non-hydrogen) atoms. The van der Waals surface area contributed by atoms with Crippen molar-refractivity contribution in [2.24, 2.45) is 0 Å². The molecule has 0 spiro atoms. The SMILES string of the molecule is COc1cc2c(cc1NC(=O)CN1CCN(c3nnnn3-c3ccccc3)CC1)oc1ccccc12. The third-order valence-corrected chi connectivity index (χ3v) is 6.45. The molecule has 3 aromatic carbocycles. The quantitative estimate of drug-likeness (QED) is 0.393. The number of para-hydroxylation sites is 2. The standard InChI is InChI=1S/C26H25N7O3/c1-35-24-15-20-19-9-5-6-10-22(19)36-23(20)16-21(24)27-25(34)17-31-11-13-32(14-12-31)26-28-29-30-33(26)18-7-3-2-4-8-18/h2-10,15-16H,11-14,17H2,1H3,(H,27,34). The number of ether oxygens (including phenoxy) is 1. The highest BCUT2D eigenvalue weighted by molar-refractivity contribution is 6.07. The molecule has 0 atom stereocenters. The Morgan fingerprint density at radius 1 is 0.972 bits per heavy atom. The molecule has 0 radical (unpaired) electrons. The maximum atomic E-state index is 12.9. The van der Waals surface area contributed by atoms with E-state index in [4.69, 9.17) is 9.15 Å². The molecule has 3 heterocycles. The zero-order valence-electron chi connectivity index (χ0n) is 19.8. The summed E-state index contributed by atoms with van der Waals surface area (Å²) in [6, 6.07) is 21.4. The number of carbonyl (C=O) groups is 1. The molecule has 1 amide bonds. The number of nitrogens with one attached hydrogen (secondary N) is 1. The van der Waals surface area contributed by atoms with E-state index in [2.05, 4.69) is 30.6 Å². The van der Waals surface area contributed by atoms with Crippen LogP contribution in [-0.2, 0) is 4.79 Å². The average molecular weight is 484 g/mol. The summed E-state index contributed by atoms with van der Waals surface area (Å²) in [5.41, 5.74) is 3.01. The Kier molecular flexibility index (Phi) is 5.70. The Bertz CT molecular complexity index is 1520. The number of methoxy groups -OCH3 is 1. The molecular weight excluding hydrogens is 458 g/mol. The van der Waals surface area contributed by atoms with Crippen LogP contribution in [0.4, 0.5) is 11.6 Å². The number of benzene rings is 3. The predicted molar refractivity (Wildman–Crippen MR) is 137 cm³/mol. The molecule has 10 nitrogen and oxygen atoms in total. The highest BCUT2D eigenvalue weighted by Gasteiger charge is 2.24. The molecular formula is C26H25N7O3. The third-order valence-electron chi connectivity index (χ3n) is 6.45. The second kappa shape index (κ2) is 9.31. The molecule has 0 unspecified atom stereocenters. The van der Waals surface area contributed by atoms with E-state index in [1.54, 1.807) is 11.8 Å². The van der Waals surface area contributed by atoms with Gasteiger partial charge in [0.15, 0.2) is 0 Å². The summed E-state index contributed by atoms with van der Waals surface area (Å²) in [7, 11) is 1.60. The van der Waals surface area contributed by atoms with E-state index < -0.39 is 0 Å². The van der Waals surface area contributed by atoms with Crippen LogP contribution in [0.1, 0.15) is 0 Å². The van der Waals surface area contributed by atoms with Crippen molar-refractivity contribution >= 4 is 39.5 Å². The van der Waals surface area contributed by atoms with Crippen LogP contribution in [0.2, 0.25) is 0 Å². The van der Waals surface area contributed by atoms with Crippen LogP contribution < -0.4 is 15.0 Å². The molecule has 1 aliphatic rings. The summed E-state index contributed by atoms with van der Waals surface area (Å²) in [6.07, 6.45) is 0. The normalized spacial score (nSPS) is 14.4. The zero-order chi connectivity index (χ0) is 24.5. The van der Waals surface area contributed by atoms with Crippen LogP contribution in [0.25, 0.3) is 27.6 Å². The van der Waals surface area contributed by atoms with Crippen molar-refractivity contribution in [1.82, 2.24) is 25.1 Å². The van der Waals surface area contributed by atoms with Gasteiger partial charge in [-0.05, 0) is 34.7 Å². The maximum absolute atomic E-state index is 12.9. The van der Waals surface area contributed by atoms with Crippen molar-refractivity contribution in [3.05, 3.63) is 66.7 Å². The Morgan fingerprint density at radius 2 is 1.75 bits per heavy atom. The van der Waals surface area contributed by atoms with E-state index in [1.807, 2.05) is 66.7 Å². The number of nitrogens with zero attached hydrogens (tertiary/aromatic N) is 6. The second-order valence-corrected chi connectivity index (χ2v) is 8.68. The third kappa shape index (κ3) is 4.11. The smallest absolute Gasteiger partial charge is 0.250 e. The first kappa shape index (κ1) is 22.1. The van der Waals surface area contributed by atoms with E-state index in [0.717, 1.165) is 48.2 Å². The van der Waals surface area contributed by atoms with Gasteiger partial charge in [0.1, 0.15) is 16.9 Å². The van der Waals surface area contributed by atoms with Crippen molar-refractivity contribution in [3.63, 3.8) is 0 Å². The fraction of sp³-hybridized carbons (Fsp3) is 0.231. The van der Waals surface area contributed by atoms with Gasteiger partial charge in [-0.2, -0.15) is 4.68 Å². The summed E-state index contributed by atoms with van der Waals surface area (Å²) in [5.74, 6) is 1.19. The lowest BCUT2D eigenvalue weighted by molar-refractivity contribution is -0.117. The van der Waals surface area contributed by atoms with Crippen LogP contribution in [0.5, 0.6) is 5.75 Å². The number of rotatable bonds is 6. The lowest BCUT2D eigenvalue weighted by Gasteiger charge is -2.34. The highest BCUT2D eigenvalue weighted by atomic mass is 16.5. The van der Waals surface area contributed by atoms with Crippen molar-refractivity contribution < 1.29 is 13.9 Å². The molecule has 1 saturated heterocycles. The van der Waals surface area contributed by atoms with Crippen molar-refractivity contribution in [2.45, 2.75) is 0 Å². The largest absolute Gasteiger partial charge is 0.495 e. The van der Waals surface area contributed by atoms with Crippen LogP contribution in [-0.4, -0.2) is 70.8 Å². The lowest BCUT2D eigenvalue weighted by atomic mass is 10.1. The molecule has 0 saturated carbocycles. The van der Waals surface area contributed by atoms with Gasteiger partial charge >= 0.3 is 0 Å². The van der Waals surface area contributed by atoms with Gasteiger partial charge in [-0.25, -0.2) is 0 Å². The average Bonchev–Trinajstić information content (AvgIpc) is 3.54. The van der Waals surface area contributed by atoms with E-state index >= 15 is 0 Å². The van der Waals surface area contributed by atoms with E-state index in [0.29, 0.717) is 23.0 Å². The van der Waals surface area contributed by atoms with Gasteiger partial charge in [-0.15, -0.1) is 0 Å². The number of piperazine rings is 1. The molecule has 1 N–H and O–H groups in total. The zero-order valence-corrected chi connectivity index (χ0v) is 19.8. The first-order chi connectivity index (χ1) is 17.7. The molecule has 1 fully saturated rings. The number of amides is 1. The number of fused-ring (bicyclic) bond motifs is 3. The first-order valence-corrected chi connectivity index (χ1v) is 11.8. The van der Waals surface area contributed by atoms with Gasteiger partial charge in [0.25, 0.3) is 0 Å². The maximum Gasteiger partial charge on any atom is 0.250 e. The van der Waals surface area contributed by atoms with Crippen LogP contribution in [0, 0.1) is 0 Å². The Balaban J connectivity index is 1.11. The lowest BCUT2D eigenvalue weighted by Crippen LogP contribution is -2.49. The summed E-state index contributed by atoms with van der Waals surface area (Å²) >= 11 is 0. The van der Waals surface area contributed by atoms with Gasteiger partial charge < -0.3 is 19.4 Å². The van der Waals surface area contributed by atoms with Crippen LogP contribution >= 0.6 is 0 Å². The molecule has 10 heteroatoms. The highest BCUT2D eigenvalue weighted by Crippen LogP contribution is 2.36. The van der Waals surface area contributed by atoms with Gasteiger partial charge in [-0.1, -0.05) is 41.5 Å². The number of anilines is 2. The van der Waals surface area contributed by atoms with E-state index in [1.165, 1.54) is 0 Å². The minimum Gasteiger partial charge on any atom is -0.495 e. The topological polar surface area (TPSA) is 102 Å². The number of hydrogen-bond acceptors (Lipinski definition) is 8. The molecule has 0 bridgehead atoms. The molecule has 0 aliphatic carbocycles. The van der Waals surface area contributed by atoms with Gasteiger partial charge in [-0.3, -0.25) is 9.69 Å². The van der Waals surface area contributed by atoms with Gasteiger partial charge in [0.2, 0.25) is 11.9 Å². The number of furan rings is 1. The fourth-order valence-corrected chi connectivity index (χ4v) is 4.63. The predicted octanol–water partition coefficient (Wildman–Crippen LogP) is 3.33. The number of aromatic nitrogens is 4.